The third-order valence-electron chi connectivity index (χ3n) is 4.66. The van der Waals surface area contributed by atoms with Gasteiger partial charge in [0.2, 0.25) is 0 Å². The smallest absolute Gasteiger partial charge is 0.254 e. The number of nitrogens with zero attached hydrogens (tertiary/aromatic N) is 4. The highest BCUT2D eigenvalue weighted by molar-refractivity contribution is 5.94. The monoisotopic (exact) mass is 365 g/mol. The molecule has 0 spiro atoms. The number of amides is 1. The molecule has 3 heterocycles. The molecule has 0 fully saturated rings. The van der Waals surface area contributed by atoms with Crippen LogP contribution >= 0.6 is 0 Å². The largest absolute Gasteiger partial charge is 0.370 e. The van der Waals surface area contributed by atoms with Crippen molar-refractivity contribution in [3.8, 4) is 0 Å². The number of aromatic nitrogens is 3. The number of carbonyl (C=O) groups excluding carboxylic acids is 1. The van der Waals surface area contributed by atoms with Gasteiger partial charge in [-0.25, -0.2) is 9.37 Å². The third kappa shape index (κ3) is 3.97. The fourth-order valence-corrected chi connectivity index (χ4v) is 3.34. The molecule has 0 saturated heterocycles. The molecule has 1 aromatic carbocycles. The van der Waals surface area contributed by atoms with E-state index in [1.807, 2.05) is 28.9 Å². The minimum absolute atomic E-state index is 0.144. The Labute approximate surface area is 156 Å². The van der Waals surface area contributed by atoms with E-state index in [-0.39, 0.29) is 11.8 Å². The van der Waals surface area contributed by atoms with Crippen molar-refractivity contribution < 1.29 is 9.18 Å². The van der Waals surface area contributed by atoms with Crippen LogP contribution in [0.15, 0.2) is 60.9 Å². The van der Waals surface area contributed by atoms with Crippen molar-refractivity contribution in [2.45, 2.75) is 13.1 Å². The first-order valence-corrected chi connectivity index (χ1v) is 8.89. The lowest BCUT2D eigenvalue weighted by Crippen LogP contribution is -2.36. The van der Waals surface area contributed by atoms with Crippen LogP contribution in [0.5, 0.6) is 0 Å². The fraction of sp³-hybridized carbons (Fsp3) is 0.250. The lowest BCUT2D eigenvalue weighted by molar-refractivity contribution is 0.0723. The zero-order chi connectivity index (χ0) is 18.6. The van der Waals surface area contributed by atoms with Crippen LogP contribution in [0.4, 0.5) is 10.2 Å². The lowest BCUT2D eigenvalue weighted by atomic mass is 10.1. The average molecular weight is 365 g/mol. The first-order valence-electron chi connectivity index (χ1n) is 8.89. The predicted octanol–water partition coefficient (Wildman–Crippen LogP) is 2.80. The zero-order valence-corrected chi connectivity index (χ0v) is 14.8. The van der Waals surface area contributed by atoms with Gasteiger partial charge in [-0.15, -0.1) is 0 Å². The second kappa shape index (κ2) is 7.57. The molecule has 0 unspecified atom stereocenters. The summed E-state index contributed by atoms with van der Waals surface area (Å²) >= 11 is 0. The Kier molecular flexibility index (Phi) is 4.82. The van der Waals surface area contributed by atoms with Crippen LogP contribution in [0.25, 0.3) is 0 Å². The Morgan fingerprint density at radius 3 is 2.89 bits per heavy atom. The number of carbonyl (C=O) groups is 1. The summed E-state index contributed by atoms with van der Waals surface area (Å²) < 4.78 is 15.5. The van der Waals surface area contributed by atoms with Gasteiger partial charge in [0.1, 0.15) is 11.6 Å². The van der Waals surface area contributed by atoms with Gasteiger partial charge in [0.15, 0.2) is 0 Å². The summed E-state index contributed by atoms with van der Waals surface area (Å²) in [4.78, 5) is 19.0. The van der Waals surface area contributed by atoms with Gasteiger partial charge in [-0.05, 0) is 36.4 Å². The maximum atomic E-state index is 13.5. The van der Waals surface area contributed by atoms with Crippen LogP contribution in [0, 0.1) is 11.7 Å². The van der Waals surface area contributed by atoms with Crippen LogP contribution in [0.2, 0.25) is 0 Å². The number of fused-ring (bicyclic) bond motifs is 1. The van der Waals surface area contributed by atoms with E-state index < -0.39 is 5.82 Å². The van der Waals surface area contributed by atoms with Gasteiger partial charge in [0.25, 0.3) is 5.91 Å². The van der Waals surface area contributed by atoms with Crippen LogP contribution < -0.4 is 5.32 Å². The van der Waals surface area contributed by atoms with E-state index in [2.05, 4.69) is 15.4 Å². The maximum Gasteiger partial charge on any atom is 0.254 e. The highest BCUT2D eigenvalue weighted by atomic mass is 19.1. The Balaban J connectivity index is 1.54. The second-order valence-electron chi connectivity index (χ2n) is 6.66. The number of nitrogens with one attached hydrogen (secondary N) is 1. The van der Waals surface area contributed by atoms with Gasteiger partial charge in [-0.1, -0.05) is 12.1 Å². The molecule has 7 heteroatoms. The van der Waals surface area contributed by atoms with E-state index in [1.165, 1.54) is 12.1 Å². The molecule has 3 aromatic rings. The lowest BCUT2D eigenvalue weighted by Gasteiger charge is -2.24. The van der Waals surface area contributed by atoms with E-state index in [0.29, 0.717) is 31.7 Å². The standard InChI is InChI=1S/C20H20FN5O/c21-17-5-3-4-16(10-17)20(27)25-12-15(11-23-19-6-1-2-8-22-19)13-26-18(14-25)7-9-24-26/h1-10,15H,11-14H2,(H,22,23)/t15-/m1/s1. The van der Waals surface area contributed by atoms with Crippen molar-refractivity contribution in [3.63, 3.8) is 0 Å². The van der Waals surface area contributed by atoms with E-state index in [0.717, 1.165) is 11.5 Å². The van der Waals surface area contributed by atoms with Crippen molar-refractivity contribution in [1.29, 1.82) is 0 Å². The molecule has 27 heavy (non-hydrogen) atoms. The highest BCUT2D eigenvalue weighted by Gasteiger charge is 2.26. The first kappa shape index (κ1) is 17.2. The average Bonchev–Trinajstić information content (AvgIpc) is 3.04. The normalized spacial score (nSPS) is 16.5. The van der Waals surface area contributed by atoms with Gasteiger partial charge < -0.3 is 10.2 Å². The summed E-state index contributed by atoms with van der Waals surface area (Å²) in [5.41, 5.74) is 1.33. The highest BCUT2D eigenvalue weighted by Crippen LogP contribution is 2.19. The molecule has 0 bridgehead atoms. The zero-order valence-electron chi connectivity index (χ0n) is 14.8. The third-order valence-corrected chi connectivity index (χ3v) is 4.66. The molecule has 0 radical (unpaired) electrons. The molecule has 138 valence electrons. The molecular weight excluding hydrogens is 345 g/mol. The van der Waals surface area contributed by atoms with Crippen molar-refractivity contribution in [2.75, 3.05) is 18.4 Å². The molecule has 6 nitrogen and oxygen atoms in total. The van der Waals surface area contributed by atoms with Gasteiger partial charge in [0, 0.05) is 43.5 Å². The maximum absolute atomic E-state index is 13.5. The minimum atomic E-state index is -0.408. The van der Waals surface area contributed by atoms with Crippen molar-refractivity contribution >= 4 is 11.7 Å². The molecule has 1 atom stereocenters. The Morgan fingerprint density at radius 1 is 1.15 bits per heavy atom. The van der Waals surface area contributed by atoms with Crippen molar-refractivity contribution in [2.24, 2.45) is 5.92 Å². The summed E-state index contributed by atoms with van der Waals surface area (Å²) in [6.07, 6.45) is 3.48. The number of hydrogen-bond donors (Lipinski definition) is 1. The number of anilines is 1. The molecule has 0 aliphatic carbocycles. The fourth-order valence-electron chi connectivity index (χ4n) is 3.34. The van der Waals surface area contributed by atoms with Crippen molar-refractivity contribution in [3.05, 3.63) is 78.0 Å². The molecule has 1 aliphatic rings. The molecule has 1 aliphatic heterocycles. The van der Waals surface area contributed by atoms with Gasteiger partial charge >= 0.3 is 0 Å². The molecule has 1 N–H and O–H groups in total. The Bertz CT molecular complexity index is 927. The van der Waals surface area contributed by atoms with Gasteiger partial charge in [-0.2, -0.15) is 5.10 Å². The SMILES string of the molecule is O=C(c1cccc(F)c1)N1Cc2ccnn2C[C@H](CNc2ccccn2)C1. The Hall–Kier alpha value is -3.22. The quantitative estimate of drug-likeness (QED) is 0.772. The van der Waals surface area contributed by atoms with E-state index in [4.69, 9.17) is 0 Å². The molecule has 0 saturated carbocycles. The van der Waals surface area contributed by atoms with Gasteiger partial charge in [0.05, 0.1) is 12.2 Å². The number of hydrogen-bond acceptors (Lipinski definition) is 4. The van der Waals surface area contributed by atoms with Crippen LogP contribution in [-0.2, 0) is 13.1 Å². The molecule has 2 aromatic heterocycles. The van der Waals surface area contributed by atoms with Gasteiger partial charge in [-0.3, -0.25) is 9.48 Å². The first-order chi connectivity index (χ1) is 13.2. The van der Waals surface area contributed by atoms with Crippen LogP contribution in [-0.4, -0.2) is 38.7 Å². The van der Waals surface area contributed by atoms with Crippen LogP contribution in [0.1, 0.15) is 16.1 Å². The summed E-state index contributed by atoms with van der Waals surface area (Å²) in [6.45, 7) is 2.37. The molecule has 1 amide bonds. The molecule has 4 rings (SSSR count). The second-order valence-corrected chi connectivity index (χ2v) is 6.66. The summed E-state index contributed by atoms with van der Waals surface area (Å²) in [5.74, 6) is 0.358. The number of benzene rings is 1. The summed E-state index contributed by atoms with van der Waals surface area (Å²) in [5, 5.41) is 7.70. The van der Waals surface area contributed by atoms with Crippen LogP contribution in [0.3, 0.4) is 0 Å². The topological polar surface area (TPSA) is 63.1 Å². The van der Waals surface area contributed by atoms with E-state index in [1.54, 1.807) is 29.4 Å². The minimum Gasteiger partial charge on any atom is -0.370 e. The number of halogens is 1. The molecular formula is C20H20FN5O. The summed E-state index contributed by atoms with van der Waals surface area (Å²) in [7, 11) is 0. The Morgan fingerprint density at radius 2 is 2.07 bits per heavy atom. The number of pyridine rings is 1. The predicted molar refractivity (Wildman–Crippen MR) is 99.6 cm³/mol. The summed E-state index contributed by atoms with van der Waals surface area (Å²) in [6, 6.07) is 13.4. The van der Waals surface area contributed by atoms with E-state index >= 15 is 0 Å². The van der Waals surface area contributed by atoms with Crippen molar-refractivity contribution in [1.82, 2.24) is 19.7 Å². The van der Waals surface area contributed by atoms with E-state index in [9.17, 15) is 9.18 Å². The number of rotatable bonds is 4.